The van der Waals surface area contributed by atoms with E-state index < -0.39 is 0 Å². The van der Waals surface area contributed by atoms with Gasteiger partial charge in [-0.05, 0) is 51.8 Å². The lowest BCUT2D eigenvalue weighted by atomic mass is 9.97. The van der Waals surface area contributed by atoms with Gasteiger partial charge in [0.25, 0.3) is 0 Å². The molecule has 2 atom stereocenters. The normalized spacial score (nSPS) is 27.7. The van der Waals surface area contributed by atoms with Gasteiger partial charge in [-0.3, -0.25) is 4.90 Å². The monoisotopic (exact) mass is 260 g/mol. The van der Waals surface area contributed by atoms with Crippen LogP contribution in [0.2, 0.25) is 0 Å². The van der Waals surface area contributed by atoms with Crippen molar-refractivity contribution in [3.8, 4) is 5.75 Å². The summed E-state index contributed by atoms with van der Waals surface area (Å²) in [7, 11) is 2.20. The molecule has 2 unspecified atom stereocenters. The smallest absolute Gasteiger partial charge is 0.124 e. The number of rotatable bonds is 4. The number of nitrogens with zero attached hydrogens (tertiary/aromatic N) is 1. The zero-order valence-corrected chi connectivity index (χ0v) is 11.9. The third-order valence-corrected chi connectivity index (χ3v) is 4.31. The summed E-state index contributed by atoms with van der Waals surface area (Å²) in [6.45, 7) is 4.03. The summed E-state index contributed by atoms with van der Waals surface area (Å²) in [6.07, 6.45) is 4.02. The topological polar surface area (TPSA) is 38.5 Å². The molecule has 0 amide bonds. The summed E-state index contributed by atoms with van der Waals surface area (Å²) >= 11 is 0. The highest BCUT2D eigenvalue weighted by atomic mass is 16.5. The fourth-order valence-electron chi connectivity index (χ4n) is 3.04. The third-order valence-electron chi connectivity index (χ3n) is 4.31. The highest BCUT2D eigenvalue weighted by Gasteiger charge is 2.33. The second-order valence-corrected chi connectivity index (χ2v) is 6.15. The van der Waals surface area contributed by atoms with Crippen LogP contribution in [0.15, 0.2) is 18.2 Å². The van der Waals surface area contributed by atoms with Crippen LogP contribution < -0.4 is 10.5 Å². The molecule has 19 heavy (non-hydrogen) atoms. The summed E-state index contributed by atoms with van der Waals surface area (Å²) in [6, 6.07) is 7.04. The van der Waals surface area contributed by atoms with Gasteiger partial charge >= 0.3 is 0 Å². The summed E-state index contributed by atoms with van der Waals surface area (Å²) in [4.78, 5) is 2.42. The van der Waals surface area contributed by atoms with Crippen molar-refractivity contribution in [2.24, 2.45) is 11.7 Å². The van der Waals surface area contributed by atoms with Crippen LogP contribution in [0.4, 0.5) is 0 Å². The minimum absolute atomic E-state index is 0.457. The Morgan fingerprint density at radius 1 is 1.37 bits per heavy atom. The van der Waals surface area contributed by atoms with Crippen molar-refractivity contribution >= 4 is 0 Å². The Hall–Kier alpha value is -1.06. The first-order valence-electron chi connectivity index (χ1n) is 7.35. The molecule has 0 spiro atoms. The van der Waals surface area contributed by atoms with Crippen molar-refractivity contribution < 1.29 is 4.74 Å². The molecule has 1 aromatic carbocycles. The second-order valence-electron chi connectivity index (χ2n) is 6.15. The van der Waals surface area contributed by atoms with Gasteiger partial charge in [-0.25, -0.2) is 0 Å². The standard InChI is InChI=1S/C16H24N2O/c1-11-3-6-16(19-13-4-5-13)14(7-11)15-8-12(9-17)10-18(15)2/h3,6-7,12-13,15H,4-5,8-10,17H2,1-2H3. The number of benzene rings is 1. The van der Waals surface area contributed by atoms with Gasteiger partial charge < -0.3 is 10.5 Å². The molecule has 2 N–H and O–H groups in total. The Bertz CT molecular complexity index is 456. The van der Waals surface area contributed by atoms with Gasteiger partial charge in [0.15, 0.2) is 0 Å². The fourth-order valence-corrected chi connectivity index (χ4v) is 3.04. The van der Waals surface area contributed by atoms with Gasteiger partial charge in [0.1, 0.15) is 5.75 Å². The number of nitrogens with two attached hydrogens (primary N) is 1. The Labute approximate surface area is 115 Å². The van der Waals surface area contributed by atoms with Gasteiger partial charge in [-0.2, -0.15) is 0 Å². The maximum atomic E-state index is 6.08. The molecule has 1 aromatic rings. The molecule has 1 saturated heterocycles. The van der Waals surface area contributed by atoms with Crippen LogP contribution in [0.25, 0.3) is 0 Å². The first kappa shape index (κ1) is 12.9. The molecule has 0 radical (unpaired) electrons. The zero-order chi connectivity index (χ0) is 13.4. The summed E-state index contributed by atoms with van der Waals surface area (Å²) in [5.74, 6) is 1.70. The number of hydrogen-bond donors (Lipinski definition) is 1. The average Bonchev–Trinajstić information content (AvgIpc) is 3.13. The van der Waals surface area contributed by atoms with E-state index in [4.69, 9.17) is 10.5 Å². The molecule has 3 heteroatoms. The van der Waals surface area contributed by atoms with E-state index in [1.54, 1.807) is 0 Å². The quantitative estimate of drug-likeness (QED) is 0.904. The van der Waals surface area contributed by atoms with Crippen molar-refractivity contribution in [2.75, 3.05) is 20.1 Å². The minimum atomic E-state index is 0.457. The Balaban J connectivity index is 1.87. The molecule has 3 rings (SSSR count). The molecular weight excluding hydrogens is 236 g/mol. The Kier molecular flexibility index (Phi) is 3.50. The molecule has 104 valence electrons. The molecule has 0 aromatic heterocycles. The van der Waals surface area contributed by atoms with Crippen LogP contribution in [-0.2, 0) is 0 Å². The van der Waals surface area contributed by atoms with Crippen molar-refractivity contribution in [2.45, 2.75) is 38.3 Å². The van der Waals surface area contributed by atoms with Crippen molar-refractivity contribution in [3.05, 3.63) is 29.3 Å². The molecule has 1 saturated carbocycles. The molecular formula is C16H24N2O. The second kappa shape index (κ2) is 5.14. The predicted octanol–water partition coefficient (Wildman–Crippen LogP) is 2.49. The van der Waals surface area contributed by atoms with Gasteiger partial charge in [0.05, 0.1) is 6.10 Å². The molecule has 1 heterocycles. The van der Waals surface area contributed by atoms with Crippen LogP contribution in [-0.4, -0.2) is 31.1 Å². The zero-order valence-electron chi connectivity index (χ0n) is 11.9. The van der Waals surface area contributed by atoms with Gasteiger partial charge in [0.2, 0.25) is 0 Å². The number of hydrogen-bond acceptors (Lipinski definition) is 3. The van der Waals surface area contributed by atoms with E-state index in [1.165, 1.54) is 24.0 Å². The summed E-state index contributed by atoms with van der Waals surface area (Å²) < 4.78 is 6.08. The number of likely N-dealkylation sites (tertiary alicyclic amines) is 1. The van der Waals surface area contributed by atoms with E-state index in [1.807, 2.05) is 0 Å². The van der Waals surface area contributed by atoms with Crippen LogP contribution in [0.1, 0.15) is 36.4 Å². The van der Waals surface area contributed by atoms with Crippen molar-refractivity contribution in [1.29, 1.82) is 0 Å². The van der Waals surface area contributed by atoms with E-state index in [9.17, 15) is 0 Å². The third kappa shape index (κ3) is 2.77. The van der Waals surface area contributed by atoms with Crippen LogP contribution in [0.3, 0.4) is 0 Å². The highest BCUT2D eigenvalue weighted by molar-refractivity contribution is 5.40. The Morgan fingerprint density at radius 3 is 2.79 bits per heavy atom. The lowest BCUT2D eigenvalue weighted by molar-refractivity contribution is 0.274. The van der Waals surface area contributed by atoms with E-state index >= 15 is 0 Å². The number of ether oxygens (including phenoxy) is 1. The maximum absolute atomic E-state index is 6.08. The van der Waals surface area contributed by atoms with Crippen LogP contribution >= 0.6 is 0 Å². The summed E-state index contributed by atoms with van der Waals surface area (Å²) in [5.41, 5.74) is 8.50. The first-order chi connectivity index (χ1) is 9.17. The lowest BCUT2D eigenvalue weighted by Crippen LogP contribution is -2.21. The molecule has 2 fully saturated rings. The van der Waals surface area contributed by atoms with E-state index in [0.29, 0.717) is 18.1 Å². The van der Waals surface area contributed by atoms with E-state index in [-0.39, 0.29) is 0 Å². The predicted molar refractivity (Wildman–Crippen MR) is 77.4 cm³/mol. The van der Waals surface area contributed by atoms with Crippen molar-refractivity contribution in [1.82, 2.24) is 4.90 Å². The minimum Gasteiger partial charge on any atom is -0.490 e. The maximum Gasteiger partial charge on any atom is 0.124 e. The van der Waals surface area contributed by atoms with Crippen LogP contribution in [0, 0.1) is 12.8 Å². The molecule has 2 aliphatic rings. The van der Waals surface area contributed by atoms with E-state index in [0.717, 1.165) is 25.3 Å². The summed E-state index contributed by atoms with van der Waals surface area (Å²) in [5, 5.41) is 0. The SMILES string of the molecule is Cc1ccc(OC2CC2)c(C2CC(CN)CN2C)c1. The van der Waals surface area contributed by atoms with Gasteiger partial charge in [0, 0.05) is 18.2 Å². The largest absolute Gasteiger partial charge is 0.490 e. The lowest BCUT2D eigenvalue weighted by Gasteiger charge is -2.23. The van der Waals surface area contributed by atoms with Gasteiger partial charge in [-0.1, -0.05) is 17.7 Å². The average molecular weight is 260 g/mol. The molecule has 1 aliphatic heterocycles. The molecule has 0 bridgehead atoms. The van der Waals surface area contributed by atoms with Gasteiger partial charge in [-0.15, -0.1) is 0 Å². The van der Waals surface area contributed by atoms with E-state index in [2.05, 4.69) is 37.1 Å². The Morgan fingerprint density at radius 2 is 2.16 bits per heavy atom. The van der Waals surface area contributed by atoms with Crippen molar-refractivity contribution in [3.63, 3.8) is 0 Å². The highest BCUT2D eigenvalue weighted by Crippen LogP contribution is 2.40. The number of aryl methyl sites for hydroxylation is 1. The first-order valence-corrected chi connectivity index (χ1v) is 7.35. The fraction of sp³-hybridized carbons (Fsp3) is 0.625. The van der Waals surface area contributed by atoms with Crippen LogP contribution in [0.5, 0.6) is 5.75 Å². The molecule has 1 aliphatic carbocycles. The molecule has 3 nitrogen and oxygen atoms in total.